The van der Waals surface area contributed by atoms with Crippen LogP contribution in [0, 0.1) is 0 Å². The number of nitrogens with one attached hydrogen (secondary N) is 1. The molecule has 3 rings (SSSR count). The van der Waals surface area contributed by atoms with Crippen LogP contribution in [-0.4, -0.2) is 25.7 Å². The van der Waals surface area contributed by atoms with Gasteiger partial charge >= 0.3 is 0 Å². The lowest BCUT2D eigenvalue weighted by molar-refractivity contribution is 0.0950. The summed E-state index contributed by atoms with van der Waals surface area (Å²) in [6.07, 6.45) is 2.34. The van der Waals surface area contributed by atoms with Crippen LogP contribution in [0.25, 0.3) is 11.0 Å². The number of carbonyl (C=O) groups excluding carboxylic acids is 1. The minimum absolute atomic E-state index is 0.00700. The highest BCUT2D eigenvalue weighted by Gasteiger charge is 2.16. The number of nitrogen functional groups attached to an aromatic ring is 2. The zero-order valence-electron chi connectivity index (χ0n) is 11.7. The number of hydrogen-bond acceptors (Lipinski definition) is 6. The number of benzene rings is 1. The molecule has 0 saturated heterocycles. The van der Waals surface area contributed by atoms with E-state index in [0.717, 1.165) is 6.42 Å². The van der Waals surface area contributed by atoms with Crippen molar-refractivity contribution in [1.82, 2.24) is 25.2 Å². The van der Waals surface area contributed by atoms with Gasteiger partial charge < -0.3 is 5.73 Å². The van der Waals surface area contributed by atoms with Crippen molar-refractivity contribution < 1.29 is 4.79 Å². The van der Waals surface area contributed by atoms with E-state index >= 15 is 0 Å². The standard InChI is InChI=1S/C14H15N7O/c15-14-18-11(13(22)20-16)10-8-17-21(12(10)19-14)7-6-9-4-2-1-3-5-9/h1-5,8H,6-7,16H2,(H,20,22)(H2,15,18,19). The van der Waals surface area contributed by atoms with E-state index in [0.29, 0.717) is 17.6 Å². The van der Waals surface area contributed by atoms with E-state index in [1.165, 1.54) is 5.56 Å². The van der Waals surface area contributed by atoms with Crippen molar-refractivity contribution >= 4 is 22.9 Å². The maximum atomic E-state index is 11.7. The molecule has 2 aromatic heterocycles. The highest BCUT2D eigenvalue weighted by molar-refractivity contribution is 6.03. The normalized spacial score (nSPS) is 10.8. The molecule has 0 atom stereocenters. The zero-order valence-corrected chi connectivity index (χ0v) is 11.7. The monoisotopic (exact) mass is 297 g/mol. The van der Waals surface area contributed by atoms with Crippen molar-refractivity contribution in [3.05, 3.63) is 47.8 Å². The second kappa shape index (κ2) is 5.78. The van der Waals surface area contributed by atoms with Crippen molar-refractivity contribution in [1.29, 1.82) is 0 Å². The number of amides is 1. The number of aromatic nitrogens is 4. The van der Waals surface area contributed by atoms with Gasteiger partial charge in [0, 0.05) is 6.54 Å². The first-order valence-corrected chi connectivity index (χ1v) is 6.73. The van der Waals surface area contributed by atoms with E-state index in [-0.39, 0.29) is 11.6 Å². The second-order valence-electron chi connectivity index (χ2n) is 4.74. The van der Waals surface area contributed by atoms with Crippen molar-refractivity contribution in [3.8, 4) is 0 Å². The molecule has 0 spiro atoms. The van der Waals surface area contributed by atoms with Crippen molar-refractivity contribution in [2.45, 2.75) is 13.0 Å². The third-order valence-electron chi connectivity index (χ3n) is 3.31. The van der Waals surface area contributed by atoms with Crippen LogP contribution in [0.1, 0.15) is 16.1 Å². The van der Waals surface area contributed by atoms with Crippen LogP contribution in [0.4, 0.5) is 5.95 Å². The molecule has 1 aromatic carbocycles. The van der Waals surface area contributed by atoms with Gasteiger partial charge in [-0.25, -0.2) is 15.5 Å². The highest BCUT2D eigenvalue weighted by atomic mass is 16.2. The molecule has 8 nitrogen and oxygen atoms in total. The molecule has 1 amide bonds. The number of rotatable bonds is 4. The molecule has 0 unspecified atom stereocenters. The molecule has 3 aromatic rings. The van der Waals surface area contributed by atoms with Crippen molar-refractivity contribution in [2.75, 3.05) is 5.73 Å². The second-order valence-corrected chi connectivity index (χ2v) is 4.74. The zero-order chi connectivity index (χ0) is 15.5. The summed E-state index contributed by atoms with van der Waals surface area (Å²) in [7, 11) is 0. The molecule has 0 aliphatic heterocycles. The smallest absolute Gasteiger partial charge is 0.284 e. The molecule has 8 heteroatoms. The van der Waals surface area contributed by atoms with Crippen LogP contribution in [0.5, 0.6) is 0 Å². The van der Waals surface area contributed by atoms with Crippen LogP contribution in [-0.2, 0) is 13.0 Å². The molecule has 0 bridgehead atoms. The molecule has 2 heterocycles. The van der Waals surface area contributed by atoms with Gasteiger partial charge in [-0.3, -0.25) is 10.2 Å². The first-order valence-electron chi connectivity index (χ1n) is 6.73. The van der Waals surface area contributed by atoms with Gasteiger partial charge in [0.05, 0.1) is 11.6 Å². The fraction of sp³-hybridized carbons (Fsp3) is 0.143. The topological polar surface area (TPSA) is 125 Å². The number of carbonyl (C=O) groups is 1. The third-order valence-corrected chi connectivity index (χ3v) is 3.31. The lowest BCUT2D eigenvalue weighted by Gasteiger charge is -2.05. The first-order chi connectivity index (χ1) is 10.7. The van der Waals surface area contributed by atoms with Crippen LogP contribution in [0.15, 0.2) is 36.5 Å². The van der Waals surface area contributed by atoms with Crippen LogP contribution < -0.4 is 17.0 Å². The summed E-state index contributed by atoms with van der Waals surface area (Å²) < 4.78 is 1.70. The Morgan fingerprint density at radius 2 is 2.00 bits per heavy atom. The lowest BCUT2D eigenvalue weighted by atomic mass is 10.1. The molecular weight excluding hydrogens is 282 g/mol. The van der Waals surface area contributed by atoms with Gasteiger partial charge in [0.2, 0.25) is 5.95 Å². The van der Waals surface area contributed by atoms with E-state index in [9.17, 15) is 4.79 Å². The molecule has 0 saturated carbocycles. The van der Waals surface area contributed by atoms with Gasteiger partial charge in [-0.1, -0.05) is 30.3 Å². The van der Waals surface area contributed by atoms with Gasteiger partial charge in [0.25, 0.3) is 5.91 Å². The van der Waals surface area contributed by atoms with Gasteiger partial charge in [-0.15, -0.1) is 0 Å². The van der Waals surface area contributed by atoms with Gasteiger partial charge in [0.15, 0.2) is 5.65 Å². The number of hydrazine groups is 1. The number of nitrogens with zero attached hydrogens (tertiary/aromatic N) is 4. The van der Waals surface area contributed by atoms with Crippen LogP contribution in [0.3, 0.4) is 0 Å². The summed E-state index contributed by atoms with van der Waals surface area (Å²) in [6, 6.07) is 10.0. The maximum absolute atomic E-state index is 11.7. The predicted octanol–water partition coefficient (Wildman–Crippen LogP) is 0.255. The minimum atomic E-state index is -0.526. The third kappa shape index (κ3) is 2.59. The lowest BCUT2D eigenvalue weighted by Crippen LogP contribution is -2.31. The van der Waals surface area contributed by atoms with Gasteiger partial charge in [0.1, 0.15) is 5.69 Å². The van der Waals surface area contributed by atoms with E-state index in [1.54, 1.807) is 10.9 Å². The van der Waals surface area contributed by atoms with Crippen LogP contribution >= 0.6 is 0 Å². The molecule has 5 N–H and O–H groups in total. The van der Waals surface area contributed by atoms with Crippen molar-refractivity contribution in [3.63, 3.8) is 0 Å². The Labute approximate surface area is 126 Å². The van der Waals surface area contributed by atoms with E-state index in [2.05, 4.69) is 15.1 Å². The summed E-state index contributed by atoms with van der Waals surface area (Å²) >= 11 is 0. The van der Waals surface area contributed by atoms with E-state index in [1.807, 2.05) is 35.8 Å². The molecule has 22 heavy (non-hydrogen) atoms. The fourth-order valence-electron chi connectivity index (χ4n) is 2.26. The predicted molar refractivity (Wildman–Crippen MR) is 81.5 cm³/mol. The number of nitrogens with two attached hydrogens (primary N) is 2. The van der Waals surface area contributed by atoms with E-state index in [4.69, 9.17) is 11.6 Å². The van der Waals surface area contributed by atoms with Gasteiger partial charge in [-0.05, 0) is 12.0 Å². The summed E-state index contributed by atoms with van der Waals surface area (Å²) in [6.45, 7) is 0.619. The Balaban J connectivity index is 1.94. The molecule has 112 valence electrons. The Kier molecular flexibility index (Phi) is 3.67. The summed E-state index contributed by atoms with van der Waals surface area (Å²) in [4.78, 5) is 19.8. The van der Waals surface area contributed by atoms with Crippen molar-refractivity contribution in [2.24, 2.45) is 5.84 Å². The minimum Gasteiger partial charge on any atom is -0.368 e. The Hall–Kier alpha value is -3.00. The molecule has 0 fully saturated rings. The summed E-state index contributed by atoms with van der Waals surface area (Å²) in [5.74, 6) is 4.64. The number of hydrogen-bond donors (Lipinski definition) is 3. The molecule has 0 aliphatic carbocycles. The maximum Gasteiger partial charge on any atom is 0.284 e. The SMILES string of the molecule is NNC(=O)c1nc(N)nc2c1cnn2CCc1ccccc1. The highest BCUT2D eigenvalue weighted by Crippen LogP contribution is 2.17. The molecule has 0 radical (unpaired) electrons. The fourth-order valence-corrected chi connectivity index (χ4v) is 2.26. The first kappa shape index (κ1) is 14.0. The summed E-state index contributed by atoms with van der Waals surface area (Å²) in [5.41, 5.74) is 9.54. The Morgan fingerprint density at radius 1 is 1.23 bits per heavy atom. The van der Waals surface area contributed by atoms with Gasteiger partial charge in [-0.2, -0.15) is 10.1 Å². The molecule has 0 aliphatic rings. The largest absolute Gasteiger partial charge is 0.368 e. The van der Waals surface area contributed by atoms with Crippen LogP contribution in [0.2, 0.25) is 0 Å². The quantitative estimate of drug-likeness (QED) is 0.360. The summed E-state index contributed by atoms with van der Waals surface area (Å²) in [5, 5.41) is 4.79. The number of anilines is 1. The Morgan fingerprint density at radius 3 is 2.73 bits per heavy atom. The van der Waals surface area contributed by atoms with E-state index < -0.39 is 5.91 Å². The number of fused-ring (bicyclic) bond motifs is 1. The Bertz CT molecular complexity index is 813. The number of aryl methyl sites for hydroxylation is 2. The molecular formula is C14H15N7O. The average Bonchev–Trinajstić information content (AvgIpc) is 2.95. The average molecular weight is 297 g/mol.